The standard InChI is InChI=1S/C18H18N2O9/c1-24-9-12(17(23)27-4)28-10-6-5-7-11(15(10)16(21)22)29-18-19-13(25-2)8-14(20-18)26-3/h5-9H,1-4H3,(H,21,22). The molecule has 0 bridgehead atoms. The van der Waals surface area contributed by atoms with Gasteiger partial charge in [-0.2, -0.15) is 9.97 Å². The summed E-state index contributed by atoms with van der Waals surface area (Å²) in [6.45, 7) is 0. The molecule has 0 aliphatic heterocycles. The van der Waals surface area contributed by atoms with Crippen molar-refractivity contribution in [2.45, 2.75) is 0 Å². The third-order valence-electron chi connectivity index (χ3n) is 3.31. The van der Waals surface area contributed by atoms with E-state index in [9.17, 15) is 14.7 Å². The number of ether oxygens (including phenoxy) is 6. The molecule has 1 heterocycles. The number of rotatable bonds is 9. The molecule has 0 aliphatic carbocycles. The Kier molecular flexibility index (Phi) is 7.18. The zero-order valence-corrected chi connectivity index (χ0v) is 16.0. The van der Waals surface area contributed by atoms with Gasteiger partial charge in [0.15, 0.2) is 0 Å². The van der Waals surface area contributed by atoms with Crippen LogP contribution >= 0.6 is 0 Å². The zero-order chi connectivity index (χ0) is 21.4. The van der Waals surface area contributed by atoms with Gasteiger partial charge < -0.3 is 33.5 Å². The molecule has 0 saturated heterocycles. The van der Waals surface area contributed by atoms with Crippen LogP contribution in [-0.2, 0) is 14.3 Å². The van der Waals surface area contributed by atoms with Gasteiger partial charge in [0.05, 0.1) is 34.5 Å². The van der Waals surface area contributed by atoms with Crippen LogP contribution in [-0.4, -0.2) is 55.5 Å². The van der Waals surface area contributed by atoms with Crippen LogP contribution in [0.1, 0.15) is 10.4 Å². The number of carboxylic acids is 1. The number of nitrogens with zero attached hydrogens (tertiary/aromatic N) is 2. The van der Waals surface area contributed by atoms with Gasteiger partial charge in [-0.25, -0.2) is 9.59 Å². The smallest absolute Gasteiger partial charge is 0.377 e. The maximum atomic E-state index is 11.8. The molecule has 2 rings (SSSR count). The topological polar surface area (TPSA) is 136 Å². The lowest BCUT2D eigenvalue weighted by molar-refractivity contribution is -0.138. The van der Waals surface area contributed by atoms with Crippen LogP contribution in [0.15, 0.2) is 36.3 Å². The Labute approximate surface area is 165 Å². The molecule has 1 aromatic heterocycles. The van der Waals surface area contributed by atoms with E-state index in [0.29, 0.717) is 0 Å². The van der Waals surface area contributed by atoms with Crippen LogP contribution in [0.2, 0.25) is 0 Å². The minimum atomic E-state index is -1.38. The lowest BCUT2D eigenvalue weighted by Gasteiger charge is -2.14. The Morgan fingerprint density at radius 2 is 1.62 bits per heavy atom. The highest BCUT2D eigenvalue weighted by Gasteiger charge is 2.23. The van der Waals surface area contributed by atoms with Crippen molar-refractivity contribution in [1.29, 1.82) is 0 Å². The highest BCUT2D eigenvalue weighted by molar-refractivity contribution is 5.95. The van der Waals surface area contributed by atoms with Crippen LogP contribution < -0.4 is 18.9 Å². The van der Waals surface area contributed by atoms with E-state index in [1.807, 2.05) is 0 Å². The van der Waals surface area contributed by atoms with Crippen LogP contribution in [0, 0.1) is 0 Å². The molecule has 0 spiro atoms. The average molecular weight is 406 g/mol. The summed E-state index contributed by atoms with van der Waals surface area (Å²) >= 11 is 0. The van der Waals surface area contributed by atoms with Crippen molar-refractivity contribution in [3.63, 3.8) is 0 Å². The second-order valence-electron chi connectivity index (χ2n) is 5.08. The number of aromatic nitrogens is 2. The Morgan fingerprint density at radius 3 is 2.14 bits per heavy atom. The fourth-order valence-corrected chi connectivity index (χ4v) is 2.07. The first-order valence-electron chi connectivity index (χ1n) is 7.93. The molecule has 0 aliphatic rings. The molecule has 0 unspecified atom stereocenters. The van der Waals surface area contributed by atoms with E-state index < -0.39 is 11.9 Å². The highest BCUT2D eigenvalue weighted by Crippen LogP contribution is 2.33. The van der Waals surface area contributed by atoms with E-state index >= 15 is 0 Å². The summed E-state index contributed by atoms with van der Waals surface area (Å²) in [6, 6.07) is 5.35. The number of aromatic carboxylic acids is 1. The fourth-order valence-electron chi connectivity index (χ4n) is 2.07. The van der Waals surface area contributed by atoms with E-state index in [0.717, 1.165) is 13.4 Å². The van der Waals surface area contributed by atoms with E-state index in [-0.39, 0.29) is 40.6 Å². The monoisotopic (exact) mass is 406 g/mol. The van der Waals surface area contributed by atoms with E-state index in [4.69, 9.17) is 23.7 Å². The second-order valence-corrected chi connectivity index (χ2v) is 5.08. The maximum Gasteiger partial charge on any atom is 0.377 e. The number of hydrogen-bond acceptors (Lipinski definition) is 10. The molecule has 0 amide bonds. The first kappa shape index (κ1) is 21.3. The van der Waals surface area contributed by atoms with Crippen molar-refractivity contribution in [2.24, 2.45) is 0 Å². The van der Waals surface area contributed by atoms with Crippen molar-refractivity contribution in [2.75, 3.05) is 28.4 Å². The summed E-state index contributed by atoms with van der Waals surface area (Å²) in [5.74, 6) is -2.67. The first-order chi connectivity index (χ1) is 13.9. The lowest BCUT2D eigenvalue weighted by atomic mass is 10.2. The van der Waals surface area contributed by atoms with E-state index in [1.165, 1.54) is 45.6 Å². The molecule has 29 heavy (non-hydrogen) atoms. The number of carbonyl (C=O) groups is 2. The first-order valence-corrected chi connectivity index (χ1v) is 7.93. The number of carbonyl (C=O) groups excluding carboxylic acids is 1. The van der Waals surface area contributed by atoms with E-state index in [2.05, 4.69) is 14.7 Å². The molecule has 154 valence electrons. The van der Waals surface area contributed by atoms with Crippen molar-refractivity contribution >= 4 is 11.9 Å². The van der Waals surface area contributed by atoms with Gasteiger partial charge in [0.1, 0.15) is 23.3 Å². The third-order valence-corrected chi connectivity index (χ3v) is 3.31. The van der Waals surface area contributed by atoms with Crippen LogP contribution in [0.5, 0.6) is 29.3 Å². The number of esters is 1. The normalized spacial score (nSPS) is 10.7. The number of methoxy groups -OCH3 is 4. The van der Waals surface area contributed by atoms with E-state index in [1.54, 1.807) is 0 Å². The highest BCUT2D eigenvalue weighted by atomic mass is 16.6. The van der Waals surface area contributed by atoms with Crippen molar-refractivity contribution < 1.29 is 43.1 Å². The average Bonchev–Trinajstić information content (AvgIpc) is 2.72. The fraction of sp³-hybridized carbons (Fsp3) is 0.222. The van der Waals surface area contributed by atoms with Crippen LogP contribution in [0.3, 0.4) is 0 Å². The molecular formula is C18H18N2O9. The Hall–Kier alpha value is -4.02. The van der Waals surface area contributed by atoms with Gasteiger partial charge in [0, 0.05) is 0 Å². The molecule has 0 fully saturated rings. The summed E-state index contributed by atoms with van der Waals surface area (Å²) in [6.07, 6.45) is 0.973. The molecule has 0 saturated carbocycles. The number of benzene rings is 1. The van der Waals surface area contributed by atoms with Crippen LogP contribution in [0.25, 0.3) is 0 Å². The maximum absolute atomic E-state index is 11.8. The van der Waals surface area contributed by atoms with Gasteiger partial charge in [0.2, 0.25) is 17.5 Å². The molecule has 0 atom stereocenters. The molecule has 1 N–H and O–H groups in total. The molecule has 11 heteroatoms. The second kappa shape index (κ2) is 9.78. The molecule has 11 nitrogen and oxygen atoms in total. The molecule has 2 aromatic rings. The summed E-state index contributed by atoms with van der Waals surface area (Å²) in [5.41, 5.74) is -0.385. The Balaban J connectivity index is 2.47. The summed E-state index contributed by atoms with van der Waals surface area (Å²) in [5, 5.41) is 9.65. The summed E-state index contributed by atoms with van der Waals surface area (Å²) < 4.78 is 30.3. The quantitative estimate of drug-likeness (QED) is 0.372. The SMILES string of the molecule is COC=C(Oc1cccc(Oc2nc(OC)cc(OC)n2)c1C(=O)O)C(=O)OC. The Morgan fingerprint density at radius 1 is 1.00 bits per heavy atom. The van der Waals surface area contributed by atoms with Gasteiger partial charge in [-0.3, -0.25) is 0 Å². The molecular weight excluding hydrogens is 388 g/mol. The largest absolute Gasteiger partial charge is 0.500 e. The van der Waals surface area contributed by atoms with Crippen molar-refractivity contribution in [3.8, 4) is 29.3 Å². The van der Waals surface area contributed by atoms with Gasteiger partial charge >= 0.3 is 17.9 Å². The minimum absolute atomic E-state index is 0.145. The van der Waals surface area contributed by atoms with Gasteiger partial charge in [-0.05, 0) is 12.1 Å². The lowest BCUT2D eigenvalue weighted by Crippen LogP contribution is -2.13. The predicted octanol–water partition coefficient (Wildman–Crippen LogP) is 2.02. The van der Waals surface area contributed by atoms with Gasteiger partial charge in [-0.1, -0.05) is 6.07 Å². The molecule has 1 aromatic carbocycles. The van der Waals surface area contributed by atoms with Crippen LogP contribution in [0.4, 0.5) is 0 Å². The number of hydrogen-bond donors (Lipinski definition) is 1. The number of carboxylic acid groups (broad SMARTS) is 1. The zero-order valence-electron chi connectivity index (χ0n) is 16.0. The van der Waals surface area contributed by atoms with Gasteiger partial charge in [-0.15, -0.1) is 0 Å². The third kappa shape index (κ3) is 5.25. The summed E-state index contributed by atoms with van der Waals surface area (Å²) in [7, 11) is 5.20. The predicted molar refractivity (Wildman–Crippen MR) is 96.3 cm³/mol. The Bertz CT molecular complexity index is 905. The molecule has 0 radical (unpaired) electrons. The van der Waals surface area contributed by atoms with Gasteiger partial charge in [0.25, 0.3) is 0 Å². The van der Waals surface area contributed by atoms with Crippen molar-refractivity contribution in [3.05, 3.63) is 41.9 Å². The van der Waals surface area contributed by atoms with Crippen molar-refractivity contribution in [1.82, 2.24) is 9.97 Å². The minimum Gasteiger partial charge on any atom is -0.500 e. The summed E-state index contributed by atoms with van der Waals surface area (Å²) in [4.78, 5) is 31.6.